The van der Waals surface area contributed by atoms with Crippen molar-refractivity contribution in [3.63, 3.8) is 0 Å². The number of carbonyl (C=O) groups excluding carboxylic acids is 2. The van der Waals surface area contributed by atoms with E-state index < -0.39 is 5.54 Å². The van der Waals surface area contributed by atoms with Crippen molar-refractivity contribution in [1.82, 2.24) is 19.7 Å². The van der Waals surface area contributed by atoms with Gasteiger partial charge in [-0.15, -0.1) is 0 Å². The van der Waals surface area contributed by atoms with Crippen molar-refractivity contribution < 1.29 is 9.59 Å². The maximum absolute atomic E-state index is 13.5. The van der Waals surface area contributed by atoms with Crippen LogP contribution in [0.25, 0.3) is 10.9 Å². The lowest BCUT2D eigenvalue weighted by atomic mass is 9.81. The Morgan fingerprint density at radius 2 is 1.93 bits per heavy atom. The van der Waals surface area contributed by atoms with Gasteiger partial charge in [-0.25, -0.2) is 0 Å². The van der Waals surface area contributed by atoms with Gasteiger partial charge in [-0.3, -0.25) is 9.59 Å². The molecule has 1 N–H and O–H groups in total. The molecule has 0 bridgehead atoms. The molecular formula is C22H28N4O2. The van der Waals surface area contributed by atoms with Gasteiger partial charge < -0.3 is 19.7 Å². The third-order valence-corrected chi connectivity index (χ3v) is 7.07. The standard InChI is InChI=1S/C22H28N4O2/c1-24-13-9-22(10-14-24)21(28)25-11-4-7-19(25)20(27)26(22)12-8-16-15-23-18-6-3-2-5-17(16)18/h2-3,5-6,15,19,23H,4,7-14H2,1H3. The number of aromatic amines is 1. The molecule has 3 aliphatic rings. The second-order valence-corrected chi connectivity index (χ2v) is 8.59. The number of rotatable bonds is 3. The number of nitrogens with zero attached hydrogens (tertiary/aromatic N) is 3. The van der Waals surface area contributed by atoms with Crippen LogP contribution in [0.2, 0.25) is 0 Å². The summed E-state index contributed by atoms with van der Waals surface area (Å²) in [4.78, 5) is 36.4. The van der Waals surface area contributed by atoms with Gasteiger partial charge in [0.1, 0.15) is 11.6 Å². The zero-order chi connectivity index (χ0) is 19.3. The molecule has 1 aromatic carbocycles. The van der Waals surface area contributed by atoms with E-state index in [2.05, 4.69) is 29.1 Å². The third kappa shape index (κ3) is 2.58. The topological polar surface area (TPSA) is 59.7 Å². The van der Waals surface area contributed by atoms with Crippen LogP contribution in [-0.4, -0.2) is 76.3 Å². The van der Waals surface area contributed by atoms with Crippen molar-refractivity contribution in [2.75, 3.05) is 33.2 Å². The zero-order valence-electron chi connectivity index (χ0n) is 16.5. The number of benzene rings is 1. The number of carbonyl (C=O) groups is 2. The number of piperidine rings is 1. The predicted molar refractivity (Wildman–Crippen MR) is 108 cm³/mol. The van der Waals surface area contributed by atoms with E-state index >= 15 is 0 Å². The van der Waals surface area contributed by atoms with Gasteiger partial charge in [-0.1, -0.05) is 18.2 Å². The van der Waals surface area contributed by atoms with Gasteiger partial charge in [0.25, 0.3) is 0 Å². The first kappa shape index (κ1) is 17.7. The van der Waals surface area contributed by atoms with Gasteiger partial charge in [-0.2, -0.15) is 0 Å². The fourth-order valence-corrected chi connectivity index (χ4v) is 5.41. The van der Waals surface area contributed by atoms with Crippen LogP contribution < -0.4 is 0 Å². The number of H-pyrrole nitrogens is 1. The summed E-state index contributed by atoms with van der Waals surface area (Å²) in [6.07, 6.45) is 6.05. The first-order chi connectivity index (χ1) is 13.6. The average molecular weight is 380 g/mol. The van der Waals surface area contributed by atoms with Crippen molar-refractivity contribution in [3.05, 3.63) is 36.0 Å². The van der Waals surface area contributed by atoms with Gasteiger partial charge in [-0.05, 0) is 50.8 Å². The van der Waals surface area contributed by atoms with Crippen molar-refractivity contribution in [1.29, 1.82) is 0 Å². The second-order valence-electron chi connectivity index (χ2n) is 8.59. The highest BCUT2D eigenvalue weighted by molar-refractivity contribution is 6.00. The van der Waals surface area contributed by atoms with E-state index in [1.165, 1.54) is 10.9 Å². The number of para-hydroxylation sites is 1. The lowest BCUT2D eigenvalue weighted by molar-refractivity contribution is -0.172. The van der Waals surface area contributed by atoms with E-state index in [0.29, 0.717) is 6.54 Å². The quantitative estimate of drug-likeness (QED) is 0.886. The van der Waals surface area contributed by atoms with E-state index in [1.807, 2.05) is 28.1 Å². The Labute approximate surface area is 165 Å². The van der Waals surface area contributed by atoms with Gasteiger partial charge in [0.2, 0.25) is 11.8 Å². The molecule has 1 aromatic heterocycles. The summed E-state index contributed by atoms with van der Waals surface area (Å²) in [7, 11) is 2.09. The van der Waals surface area contributed by atoms with E-state index in [4.69, 9.17) is 0 Å². The molecule has 6 nitrogen and oxygen atoms in total. The molecule has 28 heavy (non-hydrogen) atoms. The number of nitrogens with one attached hydrogen (secondary N) is 1. The molecule has 5 rings (SSSR count). The number of amides is 2. The fourth-order valence-electron chi connectivity index (χ4n) is 5.41. The summed E-state index contributed by atoms with van der Waals surface area (Å²) in [6, 6.07) is 8.03. The lowest BCUT2D eigenvalue weighted by Gasteiger charge is -2.53. The first-order valence-corrected chi connectivity index (χ1v) is 10.5. The highest BCUT2D eigenvalue weighted by Gasteiger charge is 2.57. The SMILES string of the molecule is CN1CCC2(CC1)C(=O)N1CCCC1C(=O)N2CCc1c[nH]c2ccccc12. The Morgan fingerprint density at radius 3 is 2.75 bits per heavy atom. The Hall–Kier alpha value is -2.34. The zero-order valence-corrected chi connectivity index (χ0v) is 16.5. The molecule has 2 amide bonds. The summed E-state index contributed by atoms with van der Waals surface area (Å²) in [5.74, 6) is 0.364. The second kappa shape index (κ2) is 6.62. The van der Waals surface area contributed by atoms with Gasteiger partial charge in [0, 0.05) is 43.3 Å². The molecule has 0 radical (unpaired) electrons. The molecule has 0 aliphatic carbocycles. The molecule has 1 unspecified atom stereocenters. The highest BCUT2D eigenvalue weighted by atomic mass is 16.2. The molecular weight excluding hydrogens is 352 g/mol. The first-order valence-electron chi connectivity index (χ1n) is 10.5. The van der Waals surface area contributed by atoms with Crippen molar-refractivity contribution in [2.45, 2.75) is 43.7 Å². The Kier molecular flexibility index (Phi) is 4.19. The summed E-state index contributed by atoms with van der Waals surface area (Å²) in [5, 5.41) is 1.21. The molecule has 1 spiro atoms. The van der Waals surface area contributed by atoms with E-state index in [1.54, 1.807) is 0 Å². The van der Waals surface area contributed by atoms with Crippen molar-refractivity contribution in [2.24, 2.45) is 0 Å². The normalized spacial score (nSPS) is 25.1. The summed E-state index contributed by atoms with van der Waals surface area (Å²) >= 11 is 0. The summed E-state index contributed by atoms with van der Waals surface area (Å²) in [5.41, 5.74) is 1.69. The minimum atomic E-state index is -0.642. The number of hydrogen-bond donors (Lipinski definition) is 1. The van der Waals surface area contributed by atoms with Crippen LogP contribution in [0, 0.1) is 0 Å². The van der Waals surface area contributed by atoms with Gasteiger partial charge >= 0.3 is 0 Å². The van der Waals surface area contributed by atoms with Crippen LogP contribution in [0.4, 0.5) is 0 Å². The van der Waals surface area contributed by atoms with Crippen LogP contribution in [0.5, 0.6) is 0 Å². The smallest absolute Gasteiger partial charge is 0.249 e. The molecule has 0 saturated carbocycles. The van der Waals surface area contributed by atoms with E-state index in [0.717, 1.165) is 57.3 Å². The molecule has 3 saturated heterocycles. The monoisotopic (exact) mass is 380 g/mol. The number of piperazine rings is 1. The Balaban J connectivity index is 1.46. The molecule has 3 aliphatic heterocycles. The van der Waals surface area contributed by atoms with E-state index in [-0.39, 0.29) is 17.9 Å². The molecule has 2 aromatic rings. The van der Waals surface area contributed by atoms with E-state index in [9.17, 15) is 9.59 Å². The number of hydrogen-bond acceptors (Lipinski definition) is 3. The lowest BCUT2D eigenvalue weighted by Crippen LogP contribution is -2.72. The Morgan fingerprint density at radius 1 is 1.14 bits per heavy atom. The van der Waals surface area contributed by atoms with Crippen molar-refractivity contribution >= 4 is 22.7 Å². The molecule has 3 fully saturated rings. The van der Waals surface area contributed by atoms with Crippen LogP contribution >= 0.6 is 0 Å². The highest BCUT2D eigenvalue weighted by Crippen LogP contribution is 2.39. The van der Waals surface area contributed by atoms with Crippen LogP contribution in [0.3, 0.4) is 0 Å². The maximum atomic E-state index is 13.5. The number of likely N-dealkylation sites (tertiary alicyclic amines) is 1. The Bertz CT molecular complexity index is 912. The van der Waals surface area contributed by atoms with Gasteiger partial charge in [0.05, 0.1) is 0 Å². The average Bonchev–Trinajstić information content (AvgIpc) is 3.36. The van der Waals surface area contributed by atoms with Crippen LogP contribution in [-0.2, 0) is 16.0 Å². The predicted octanol–water partition coefficient (Wildman–Crippen LogP) is 2.01. The van der Waals surface area contributed by atoms with Crippen molar-refractivity contribution in [3.8, 4) is 0 Å². The largest absolute Gasteiger partial charge is 0.361 e. The molecule has 6 heteroatoms. The van der Waals surface area contributed by atoms with Gasteiger partial charge in [0.15, 0.2) is 0 Å². The minimum absolute atomic E-state index is 0.168. The fraction of sp³-hybridized carbons (Fsp3) is 0.545. The summed E-state index contributed by atoms with van der Waals surface area (Å²) in [6.45, 7) is 3.08. The van der Waals surface area contributed by atoms with Crippen LogP contribution in [0.15, 0.2) is 30.5 Å². The maximum Gasteiger partial charge on any atom is 0.249 e. The molecule has 148 valence electrons. The molecule has 4 heterocycles. The van der Waals surface area contributed by atoms with Crippen LogP contribution in [0.1, 0.15) is 31.2 Å². The minimum Gasteiger partial charge on any atom is -0.361 e. The number of aromatic nitrogens is 1. The molecule has 1 atom stereocenters. The number of fused-ring (bicyclic) bond motifs is 2. The summed E-state index contributed by atoms with van der Waals surface area (Å²) < 4.78 is 0. The third-order valence-electron chi connectivity index (χ3n) is 7.07.